The Kier molecular flexibility index (Phi) is 4.04. The number of benzene rings is 1. The van der Waals surface area contributed by atoms with E-state index in [1.165, 1.54) is 24.8 Å². The molecular formula is C14H20BrN. The van der Waals surface area contributed by atoms with Crippen molar-refractivity contribution >= 4 is 15.9 Å². The number of nitrogens with two attached hydrogens (primary N) is 1. The predicted octanol–water partition coefficient (Wildman–Crippen LogP) is 3.76. The van der Waals surface area contributed by atoms with Crippen molar-refractivity contribution < 1.29 is 0 Å². The highest BCUT2D eigenvalue weighted by molar-refractivity contribution is 9.10. The van der Waals surface area contributed by atoms with Gasteiger partial charge in [0.25, 0.3) is 0 Å². The van der Waals surface area contributed by atoms with E-state index >= 15 is 0 Å². The zero-order valence-electron chi connectivity index (χ0n) is 9.83. The molecule has 2 rings (SSSR count). The van der Waals surface area contributed by atoms with Crippen molar-refractivity contribution in [2.24, 2.45) is 17.6 Å². The molecule has 0 amide bonds. The maximum atomic E-state index is 6.21. The Hall–Kier alpha value is -0.340. The Labute approximate surface area is 107 Å². The third-order valence-electron chi connectivity index (χ3n) is 3.71. The minimum absolute atomic E-state index is 0.403. The molecule has 0 aliphatic heterocycles. The summed E-state index contributed by atoms with van der Waals surface area (Å²) in [6.45, 7) is 2.35. The quantitative estimate of drug-likeness (QED) is 0.878. The first-order valence-electron chi connectivity index (χ1n) is 6.15. The highest BCUT2D eigenvalue weighted by atomic mass is 79.9. The van der Waals surface area contributed by atoms with E-state index in [1.54, 1.807) is 0 Å². The molecule has 1 aliphatic rings. The van der Waals surface area contributed by atoms with E-state index in [1.807, 2.05) is 0 Å². The Morgan fingerprint density at radius 1 is 1.25 bits per heavy atom. The van der Waals surface area contributed by atoms with Crippen LogP contribution < -0.4 is 5.73 Å². The minimum Gasteiger partial charge on any atom is -0.327 e. The highest BCUT2D eigenvalue weighted by Gasteiger charge is 2.25. The summed E-state index contributed by atoms with van der Waals surface area (Å²) in [5, 5.41) is 0. The molecule has 1 nitrogen and oxygen atoms in total. The van der Waals surface area contributed by atoms with Gasteiger partial charge >= 0.3 is 0 Å². The summed E-state index contributed by atoms with van der Waals surface area (Å²) in [6.07, 6.45) is 4.93. The van der Waals surface area contributed by atoms with Gasteiger partial charge in [0.15, 0.2) is 0 Å². The summed E-state index contributed by atoms with van der Waals surface area (Å²) in [6, 6.07) is 9.05. The van der Waals surface area contributed by atoms with Crippen LogP contribution in [0, 0.1) is 11.8 Å². The summed E-state index contributed by atoms with van der Waals surface area (Å²) in [5.41, 5.74) is 7.62. The molecule has 0 saturated heterocycles. The van der Waals surface area contributed by atoms with Gasteiger partial charge < -0.3 is 5.73 Å². The molecule has 0 aromatic heterocycles. The van der Waals surface area contributed by atoms with Crippen LogP contribution in [0.25, 0.3) is 0 Å². The van der Waals surface area contributed by atoms with Crippen molar-refractivity contribution in [3.05, 3.63) is 34.3 Å². The van der Waals surface area contributed by atoms with Crippen LogP contribution in [0.15, 0.2) is 28.7 Å². The van der Waals surface area contributed by atoms with Gasteiger partial charge in [-0.25, -0.2) is 0 Å². The Balaban J connectivity index is 2.00. The first-order chi connectivity index (χ1) is 7.65. The summed E-state index contributed by atoms with van der Waals surface area (Å²) in [5.74, 6) is 1.52. The lowest BCUT2D eigenvalue weighted by Gasteiger charge is -2.32. The summed E-state index contributed by atoms with van der Waals surface area (Å²) < 4.78 is 1.15. The van der Waals surface area contributed by atoms with Crippen LogP contribution in [0.3, 0.4) is 0 Å². The van der Waals surface area contributed by atoms with Gasteiger partial charge in [0.2, 0.25) is 0 Å². The molecule has 1 saturated carbocycles. The van der Waals surface area contributed by atoms with E-state index < -0.39 is 0 Å². The number of rotatable bonds is 2. The Morgan fingerprint density at radius 2 is 1.94 bits per heavy atom. The number of hydrogen-bond acceptors (Lipinski definition) is 1. The van der Waals surface area contributed by atoms with Gasteiger partial charge in [-0.2, -0.15) is 0 Å². The van der Waals surface area contributed by atoms with E-state index in [2.05, 4.69) is 47.1 Å². The molecule has 0 bridgehead atoms. The van der Waals surface area contributed by atoms with Gasteiger partial charge in [-0.3, -0.25) is 0 Å². The van der Waals surface area contributed by atoms with Crippen LogP contribution in [0.4, 0.5) is 0 Å². The molecule has 0 radical (unpaired) electrons. The molecule has 1 fully saturated rings. The number of halogens is 1. The molecule has 1 aromatic carbocycles. The van der Waals surface area contributed by atoms with Crippen molar-refractivity contribution in [3.63, 3.8) is 0 Å². The molecule has 1 aromatic rings. The average molecular weight is 282 g/mol. The van der Waals surface area contributed by atoms with E-state index in [0.29, 0.717) is 12.0 Å². The van der Waals surface area contributed by atoms with Gasteiger partial charge in [0, 0.05) is 10.5 Å². The van der Waals surface area contributed by atoms with Gasteiger partial charge in [0.1, 0.15) is 0 Å². The zero-order chi connectivity index (χ0) is 11.5. The predicted molar refractivity (Wildman–Crippen MR) is 72.3 cm³/mol. The largest absolute Gasteiger partial charge is 0.327 e. The van der Waals surface area contributed by atoms with Gasteiger partial charge in [-0.1, -0.05) is 35.0 Å². The second-order valence-electron chi connectivity index (χ2n) is 5.17. The average Bonchev–Trinajstić information content (AvgIpc) is 2.27. The van der Waals surface area contributed by atoms with Crippen LogP contribution in [-0.4, -0.2) is 6.04 Å². The van der Waals surface area contributed by atoms with Crippen LogP contribution in [0.1, 0.15) is 31.7 Å². The molecule has 16 heavy (non-hydrogen) atoms. The van der Waals surface area contributed by atoms with Gasteiger partial charge in [0.05, 0.1) is 0 Å². The molecule has 88 valence electrons. The normalized spacial score (nSPS) is 30.3. The van der Waals surface area contributed by atoms with Crippen LogP contribution in [0.2, 0.25) is 0 Å². The fourth-order valence-corrected chi connectivity index (χ4v) is 2.94. The third-order valence-corrected chi connectivity index (χ3v) is 4.24. The summed E-state index contributed by atoms with van der Waals surface area (Å²) in [7, 11) is 0. The molecule has 2 N–H and O–H groups in total. The minimum atomic E-state index is 0.403. The molecule has 1 aliphatic carbocycles. The Bertz CT molecular complexity index is 333. The van der Waals surface area contributed by atoms with E-state index in [9.17, 15) is 0 Å². The molecule has 2 heteroatoms. The lowest BCUT2D eigenvalue weighted by atomic mass is 9.76. The molecule has 0 heterocycles. The highest BCUT2D eigenvalue weighted by Crippen LogP contribution is 2.30. The summed E-state index contributed by atoms with van der Waals surface area (Å²) >= 11 is 3.47. The molecule has 3 atom stereocenters. The Morgan fingerprint density at radius 3 is 2.62 bits per heavy atom. The fourth-order valence-electron chi connectivity index (χ4n) is 2.68. The maximum Gasteiger partial charge on any atom is 0.0175 e. The second kappa shape index (κ2) is 5.33. The molecular weight excluding hydrogens is 262 g/mol. The van der Waals surface area contributed by atoms with Gasteiger partial charge in [-0.15, -0.1) is 0 Å². The van der Waals surface area contributed by atoms with Crippen molar-refractivity contribution in [2.75, 3.05) is 0 Å². The second-order valence-corrected chi connectivity index (χ2v) is 6.09. The van der Waals surface area contributed by atoms with Crippen molar-refractivity contribution in [3.8, 4) is 0 Å². The third kappa shape index (κ3) is 3.08. The van der Waals surface area contributed by atoms with Crippen molar-refractivity contribution in [2.45, 2.75) is 38.6 Å². The topological polar surface area (TPSA) is 26.0 Å². The van der Waals surface area contributed by atoms with E-state index in [0.717, 1.165) is 16.8 Å². The molecule has 3 unspecified atom stereocenters. The monoisotopic (exact) mass is 281 g/mol. The lowest BCUT2D eigenvalue weighted by molar-refractivity contribution is 0.245. The number of hydrogen-bond donors (Lipinski definition) is 1. The fraction of sp³-hybridized carbons (Fsp3) is 0.571. The van der Waals surface area contributed by atoms with Crippen molar-refractivity contribution in [1.82, 2.24) is 0 Å². The smallest absolute Gasteiger partial charge is 0.0175 e. The van der Waals surface area contributed by atoms with Crippen molar-refractivity contribution in [1.29, 1.82) is 0 Å². The molecule has 0 spiro atoms. The van der Waals surface area contributed by atoms with E-state index in [4.69, 9.17) is 5.73 Å². The van der Waals surface area contributed by atoms with Crippen LogP contribution >= 0.6 is 15.9 Å². The van der Waals surface area contributed by atoms with Gasteiger partial charge in [-0.05, 0) is 55.2 Å². The lowest BCUT2D eigenvalue weighted by Crippen LogP contribution is -2.36. The van der Waals surface area contributed by atoms with Crippen LogP contribution in [-0.2, 0) is 6.42 Å². The first kappa shape index (κ1) is 12.1. The van der Waals surface area contributed by atoms with Crippen LogP contribution in [0.5, 0.6) is 0 Å². The van der Waals surface area contributed by atoms with E-state index in [-0.39, 0.29) is 0 Å². The first-order valence-corrected chi connectivity index (χ1v) is 6.94. The zero-order valence-corrected chi connectivity index (χ0v) is 11.4. The maximum absolute atomic E-state index is 6.21. The standard InChI is InChI=1S/C14H20BrN/c1-10-2-7-14(16)12(8-10)9-11-3-5-13(15)6-4-11/h3-6,10,12,14H,2,7-9,16H2,1H3. The summed E-state index contributed by atoms with van der Waals surface area (Å²) in [4.78, 5) is 0. The SMILES string of the molecule is CC1CCC(N)C(Cc2ccc(Br)cc2)C1.